The molecule has 0 aliphatic heterocycles. The molecule has 0 saturated heterocycles. The molecular formula is C11H21N3O. The van der Waals surface area contributed by atoms with Gasteiger partial charge in [-0.15, -0.1) is 0 Å². The Labute approximate surface area is 91.6 Å². The molecule has 0 spiro atoms. The van der Waals surface area contributed by atoms with E-state index in [2.05, 4.69) is 31.2 Å². The topological polar surface area (TPSA) is 39.1 Å². The van der Waals surface area contributed by atoms with E-state index in [0.717, 1.165) is 19.7 Å². The number of ether oxygens (including phenoxy) is 1. The predicted octanol–water partition coefficient (Wildman–Crippen LogP) is 1.32. The number of nitrogens with zero attached hydrogens (tertiary/aromatic N) is 2. The van der Waals surface area contributed by atoms with E-state index in [4.69, 9.17) is 4.74 Å². The minimum absolute atomic E-state index is 0.0457. The maximum Gasteiger partial charge on any atom is 0.0599 e. The van der Waals surface area contributed by atoms with Gasteiger partial charge in [0.15, 0.2) is 0 Å². The van der Waals surface area contributed by atoms with Crippen LogP contribution in [0, 0.1) is 0 Å². The average Bonchev–Trinajstić information content (AvgIpc) is 2.49. The zero-order valence-electron chi connectivity index (χ0n) is 10.1. The van der Waals surface area contributed by atoms with Gasteiger partial charge in [0.1, 0.15) is 0 Å². The van der Waals surface area contributed by atoms with Crippen molar-refractivity contribution in [3.05, 3.63) is 18.0 Å². The van der Waals surface area contributed by atoms with Gasteiger partial charge < -0.3 is 10.1 Å². The Bertz CT molecular complexity index is 288. The largest absolute Gasteiger partial charge is 0.375 e. The number of aryl methyl sites for hydroxylation is 1. The van der Waals surface area contributed by atoms with Crippen LogP contribution in [0.5, 0.6) is 0 Å². The summed E-state index contributed by atoms with van der Waals surface area (Å²) in [5.74, 6) is 0. The van der Waals surface area contributed by atoms with E-state index in [1.54, 1.807) is 0 Å². The van der Waals surface area contributed by atoms with Gasteiger partial charge in [-0.3, -0.25) is 4.68 Å². The first-order valence-corrected chi connectivity index (χ1v) is 5.29. The summed E-state index contributed by atoms with van der Waals surface area (Å²) >= 11 is 0. The average molecular weight is 211 g/mol. The third-order valence-corrected chi connectivity index (χ3v) is 1.90. The third-order valence-electron chi connectivity index (χ3n) is 1.90. The summed E-state index contributed by atoms with van der Waals surface area (Å²) in [5.41, 5.74) is 1.16. The van der Waals surface area contributed by atoms with E-state index in [1.807, 2.05) is 24.1 Å². The fraction of sp³-hybridized carbons (Fsp3) is 0.727. The third kappa shape index (κ3) is 5.54. The van der Waals surface area contributed by atoms with Gasteiger partial charge in [0.05, 0.1) is 18.4 Å². The molecule has 0 unspecified atom stereocenters. The molecule has 0 saturated carbocycles. The van der Waals surface area contributed by atoms with Crippen molar-refractivity contribution in [1.82, 2.24) is 15.1 Å². The smallest absolute Gasteiger partial charge is 0.0599 e. The SMILES string of the molecule is Cn1cc(CNCCOC(C)(C)C)cn1. The first kappa shape index (κ1) is 12.2. The first-order valence-electron chi connectivity index (χ1n) is 5.29. The Morgan fingerprint density at radius 2 is 2.20 bits per heavy atom. The van der Waals surface area contributed by atoms with Gasteiger partial charge in [0.25, 0.3) is 0 Å². The summed E-state index contributed by atoms with van der Waals surface area (Å²) in [4.78, 5) is 0. The standard InChI is InChI=1S/C11H21N3O/c1-11(2,3)15-6-5-12-7-10-8-13-14(4)9-10/h8-9,12H,5-7H2,1-4H3. The molecule has 0 radical (unpaired) electrons. The quantitative estimate of drug-likeness (QED) is 0.747. The molecule has 1 rings (SSSR count). The maximum absolute atomic E-state index is 5.59. The molecule has 15 heavy (non-hydrogen) atoms. The summed E-state index contributed by atoms with van der Waals surface area (Å²) in [6.45, 7) is 8.65. The van der Waals surface area contributed by atoms with Crippen molar-refractivity contribution >= 4 is 0 Å². The molecule has 1 N–H and O–H groups in total. The molecule has 1 aromatic rings. The highest BCUT2D eigenvalue weighted by atomic mass is 16.5. The Balaban J connectivity index is 2.07. The van der Waals surface area contributed by atoms with Crippen LogP contribution >= 0.6 is 0 Å². The first-order chi connectivity index (χ1) is 6.97. The van der Waals surface area contributed by atoms with E-state index < -0.39 is 0 Å². The molecule has 0 amide bonds. The molecular weight excluding hydrogens is 190 g/mol. The number of nitrogens with one attached hydrogen (secondary N) is 1. The highest BCUT2D eigenvalue weighted by Crippen LogP contribution is 2.05. The number of hydrogen-bond donors (Lipinski definition) is 1. The summed E-state index contributed by atoms with van der Waals surface area (Å²) in [7, 11) is 1.92. The Hall–Kier alpha value is -0.870. The van der Waals surface area contributed by atoms with Gasteiger partial charge in [-0.05, 0) is 20.8 Å². The summed E-state index contributed by atoms with van der Waals surface area (Å²) in [5, 5.41) is 7.41. The molecule has 0 aliphatic carbocycles. The second-order valence-corrected chi connectivity index (χ2v) is 4.66. The highest BCUT2D eigenvalue weighted by Gasteiger charge is 2.08. The van der Waals surface area contributed by atoms with Crippen LogP contribution < -0.4 is 5.32 Å². The number of aromatic nitrogens is 2. The summed E-state index contributed by atoms with van der Waals surface area (Å²) in [6, 6.07) is 0. The van der Waals surface area contributed by atoms with Gasteiger partial charge >= 0.3 is 0 Å². The highest BCUT2D eigenvalue weighted by molar-refractivity contribution is 5.02. The van der Waals surface area contributed by atoms with Crippen molar-refractivity contribution in [3.63, 3.8) is 0 Å². The van der Waals surface area contributed by atoms with Crippen molar-refractivity contribution in [2.75, 3.05) is 13.2 Å². The lowest BCUT2D eigenvalue weighted by Crippen LogP contribution is -2.26. The van der Waals surface area contributed by atoms with Crippen molar-refractivity contribution in [3.8, 4) is 0 Å². The van der Waals surface area contributed by atoms with E-state index >= 15 is 0 Å². The number of rotatable bonds is 5. The molecule has 0 aromatic carbocycles. The normalized spacial score (nSPS) is 12.0. The second-order valence-electron chi connectivity index (χ2n) is 4.66. The fourth-order valence-corrected chi connectivity index (χ4v) is 1.23. The second kappa shape index (κ2) is 5.28. The van der Waals surface area contributed by atoms with Crippen LogP contribution in [-0.2, 0) is 18.3 Å². The van der Waals surface area contributed by atoms with Gasteiger partial charge in [-0.1, -0.05) is 0 Å². The van der Waals surface area contributed by atoms with E-state index in [1.165, 1.54) is 5.56 Å². The molecule has 86 valence electrons. The summed E-state index contributed by atoms with van der Waals surface area (Å²) < 4.78 is 7.40. The van der Waals surface area contributed by atoms with Crippen LogP contribution in [0.25, 0.3) is 0 Å². The van der Waals surface area contributed by atoms with Crippen LogP contribution in [0.2, 0.25) is 0 Å². The molecule has 4 heteroatoms. The van der Waals surface area contributed by atoms with Crippen LogP contribution in [0.4, 0.5) is 0 Å². The molecule has 1 heterocycles. The zero-order chi connectivity index (χ0) is 11.3. The maximum atomic E-state index is 5.59. The molecule has 0 aliphatic rings. The molecule has 1 aromatic heterocycles. The van der Waals surface area contributed by atoms with E-state index in [0.29, 0.717) is 0 Å². The van der Waals surface area contributed by atoms with Gasteiger partial charge in [-0.2, -0.15) is 5.10 Å². The predicted molar refractivity (Wildman–Crippen MR) is 60.6 cm³/mol. The van der Waals surface area contributed by atoms with E-state index in [9.17, 15) is 0 Å². The lowest BCUT2D eigenvalue weighted by molar-refractivity contribution is -0.000885. The lowest BCUT2D eigenvalue weighted by atomic mass is 10.2. The summed E-state index contributed by atoms with van der Waals surface area (Å²) in [6.07, 6.45) is 3.88. The van der Waals surface area contributed by atoms with E-state index in [-0.39, 0.29) is 5.60 Å². The van der Waals surface area contributed by atoms with Crippen molar-refractivity contribution in [2.24, 2.45) is 7.05 Å². The minimum Gasteiger partial charge on any atom is -0.375 e. The van der Waals surface area contributed by atoms with Crippen LogP contribution in [0.3, 0.4) is 0 Å². The van der Waals surface area contributed by atoms with Gasteiger partial charge in [0.2, 0.25) is 0 Å². The molecule has 0 bridgehead atoms. The zero-order valence-corrected chi connectivity index (χ0v) is 10.1. The van der Waals surface area contributed by atoms with Crippen molar-refractivity contribution < 1.29 is 4.74 Å². The molecule has 0 atom stereocenters. The minimum atomic E-state index is -0.0457. The van der Waals surface area contributed by atoms with Gasteiger partial charge in [0, 0.05) is 31.9 Å². The Morgan fingerprint density at radius 1 is 1.47 bits per heavy atom. The van der Waals surface area contributed by atoms with Crippen molar-refractivity contribution in [2.45, 2.75) is 32.9 Å². The molecule has 4 nitrogen and oxygen atoms in total. The van der Waals surface area contributed by atoms with Crippen LogP contribution in [0.1, 0.15) is 26.3 Å². The lowest BCUT2D eigenvalue weighted by Gasteiger charge is -2.19. The number of hydrogen-bond acceptors (Lipinski definition) is 3. The molecule has 0 fully saturated rings. The fourth-order valence-electron chi connectivity index (χ4n) is 1.23. The van der Waals surface area contributed by atoms with Gasteiger partial charge in [-0.25, -0.2) is 0 Å². The Morgan fingerprint density at radius 3 is 2.73 bits per heavy atom. The van der Waals surface area contributed by atoms with Crippen molar-refractivity contribution in [1.29, 1.82) is 0 Å². The van der Waals surface area contributed by atoms with Crippen LogP contribution in [-0.4, -0.2) is 28.5 Å². The monoisotopic (exact) mass is 211 g/mol. The Kier molecular flexibility index (Phi) is 4.29. The van der Waals surface area contributed by atoms with Crippen LogP contribution in [0.15, 0.2) is 12.4 Å².